The average molecular weight is 793 g/mol. The Morgan fingerprint density at radius 3 is 2.51 bits per heavy atom. The molecule has 5 atom stereocenters. The van der Waals surface area contributed by atoms with E-state index < -0.39 is 80.4 Å². The van der Waals surface area contributed by atoms with Crippen molar-refractivity contribution in [2.75, 3.05) is 6.54 Å². The second-order valence-corrected chi connectivity index (χ2v) is 18.1. The maximum absolute atomic E-state index is 14.3. The fraction of sp³-hybridized carbons (Fsp3) is 0.629. The Labute approximate surface area is 306 Å². The summed E-state index contributed by atoms with van der Waals surface area (Å²) in [6, 6.07) is 3.56. The number of rotatable bonds is 5. The summed E-state index contributed by atoms with van der Waals surface area (Å²) in [5.74, 6) is -2.49. The van der Waals surface area contributed by atoms with Gasteiger partial charge >= 0.3 is 12.2 Å². The van der Waals surface area contributed by atoms with Crippen molar-refractivity contribution in [3.63, 3.8) is 0 Å². The second-order valence-electron chi connectivity index (χ2n) is 15.2. The summed E-state index contributed by atoms with van der Waals surface area (Å²) in [6.45, 7) is 5.69. The van der Waals surface area contributed by atoms with Crippen LogP contribution in [0.2, 0.25) is 0 Å². The molecule has 2 aliphatic carbocycles. The third kappa shape index (κ3) is 8.70. The molecule has 0 radical (unpaired) electrons. The highest BCUT2D eigenvalue weighted by atomic mass is 79.9. The maximum Gasteiger partial charge on any atom is 0.410 e. The number of sulfonamides is 1. The summed E-state index contributed by atoms with van der Waals surface area (Å²) >= 11 is 3.46. The normalized spacial score (nSPS) is 28.3. The number of alkyl carbamates (subject to hydrolysis) is 1. The molecule has 2 saturated carbocycles. The lowest BCUT2D eigenvalue weighted by atomic mass is 10.0. The summed E-state index contributed by atoms with van der Waals surface area (Å²) in [5, 5.41) is 4.87. The van der Waals surface area contributed by atoms with E-state index in [1.165, 1.54) is 4.90 Å². The van der Waals surface area contributed by atoms with Gasteiger partial charge in [0, 0.05) is 29.9 Å². The van der Waals surface area contributed by atoms with Crippen molar-refractivity contribution in [1.82, 2.24) is 25.2 Å². The highest BCUT2D eigenvalue weighted by molar-refractivity contribution is 9.10. The zero-order valence-corrected chi connectivity index (χ0v) is 31.5. The third-order valence-electron chi connectivity index (χ3n) is 9.95. The topological polar surface area (TPSA) is 181 Å². The fourth-order valence-corrected chi connectivity index (χ4v) is 8.78. The molecule has 0 spiro atoms. The molecular weight excluding hydrogens is 746 g/mol. The van der Waals surface area contributed by atoms with E-state index in [2.05, 4.69) is 31.3 Å². The lowest BCUT2D eigenvalue weighted by Crippen LogP contribution is -2.58. The molecule has 3 heterocycles. The molecule has 0 aromatic heterocycles. The van der Waals surface area contributed by atoms with Crippen molar-refractivity contribution >= 4 is 55.9 Å². The molecule has 51 heavy (non-hydrogen) atoms. The molecule has 0 bridgehead atoms. The van der Waals surface area contributed by atoms with Crippen LogP contribution in [0.5, 0.6) is 0 Å². The van der Waals surface area contributed by atoms with Gasteiger partial charge in [-0.25, -0.2) is 18.0 Å². The predicted molar refractivity (Wildman–Crippen MR) is 188 cm³/mol. The Morgan fingerprint density at radius 2 is 1.78 bits per heavy atom. The zero-order chi connectivity index (χ0) is 36.7. The maximum atomic E-state index is 14.3. The average Bonchev–Trinajstić information content (AvgIpc) is 3.93. The van der Waals surface area contributed by atoms with Gasteiger partial charge in [0.25, 0.3) is 5.91 Å². The van der Waals surface area contributed by atoms with Crippen molar-refractivity contribution in [1.29, 1.82) is 0 Å². The first-order valence-electron chi connectivity index (χ1n) is 17.6. The summed E-state index contributed by atoms with van der Waals surface area (Å²) in [6.07, 6.45) is 5.66. The van der Waals surface area contributed by atoms with Crippen LogP contribution in [0, 0.1) is 5.92 Å². The van der Waals surface area contributed by atoms with Gasteiger partial charge < -0.3 is 25.0 Å². The summed E-state index contributed by atoms with van der Waals surface area (Å²) < 4.78 is 39.9. The number of halogens is 1. The molecule has 6 rings (SSSR count). The molecule has 16 heteroatoms. The first kappa shape index (κ1) is 37.1. The third-order valence-corrected chi connectivity index (χ3v) is 12.3. The lowest BCUT2D eigenvalue weighted by Gasteiger charge is -2.30. The first-order chi connectivity index (χ1) is 24.0. The number of hydrogen-bond donors (Lipinski definition) is 3. The predicted octanol–water partition coefficient (Wildman–Crippen LogP) is 3.77. The van der Waals surface area contributed by atoms with Crippen LogP contribution in [0.1, 0.15) is 89.7 Å². The van der Waals surface area contributed by atoms with Crippen LogP contribution >= 0.6 is 15.9 Å². The van der Waals surface area contributed by atoms with Gasteiger partial charge in [-0.1, -0.05) is 47.0 Å². The number of nitrogens with zero attached hydrogens (tertiary/aromatic N) is 2. The molecule has 3 N–H and O–H groups in total. The summed E-state index contributed by atoms with van der Waals surface area (Å²) in [7, 11) is -3.90. The van der Waals surface area contributed by atoms with Crippen LogP contribution in [-0.4, -0.2) is 89.2 Å². The zero-order valence-electron chi connectivity index (χ0n) is 29.1. The molecule has 1 aromatic carbocycles. The van der Waals surface area contributed by atoms with Crippen molar-refractivity contribution < 1.29 is 41.9 Å². The second kappa shape index (κ2) is 14.4. The molecule has 1 saturated heterocycles. The minimum Gasteiger partial charge on any atom is -0.444 e. The van der Waals surface area contributed by atoms with Crippen molar-refractivity contribution in [2.24, 2.45) is 5.92 Å². The van der Waals surface area contributed by atoms with E-state index in [1.54, 1.807) is 25.7 Å². The lowest BCUT2D eigenvalue weighted by molar-refractivity contribution is -0.141. The van der Waals surface area contributed by atoms with Crippen LogP contribution in [0.4, 0.5) is 9.59 Å². The highest BCUT2D eigenvalue weighted by Crippen LogP contribution is 2.46. The minimum atomic E-state index is -3.90. The Bertz CT molecular complexity index is 1730. The van der Waals surface area contributed by atoms with E-state index in [1.807, 2.05) is 30.4 Å². The quantitative estimate of drug-likeness (QED) is 0.375. The van der Waals surface area contributed by atoms with Crippen molar-refractivity contribution in [3.05, 3.63) is 46.0 Å². The van der Waals surface area contributed by atoms with Gasteiger partial charge in [0.1, 0.15) is 29.3 Å². The smallest absolute Gasteiger partial charge is 0.410 e. The molecule has 3 fully saturated rings. The Kier molecular flexibility index (Phi) is 10.5. The number of nitrogens with one attached hydrogen (secondary N) is 3. The number of carbonyl (C=O) groups excluding carboxylic acids is 5. The van der Waals surface area contributed by atoms with Crippen molar-refractivity contribution in [3.8, 4) is 0 Å². The number of hydrogen-bond acceptors (Lipinski definition) is 9. The summed E-state index contributed by atoms with van der Waals surface area (Å²) in [5.41, 5.74) is -0.377. The molecular formula is C35H46BrN5O9S. The number of carbonyl (C=O) groups is 5. The van der Waals surface area contributed by atoms with E-state index in [-0.39, 0.29) is 25.8 Å². The van der Waals surface area contributed by atoms with Crippen LogP contribution in [0.3, 0.4) is 0 Å². The van der Waals surface area contributed by atoms with Gasteiger partial charge in [0.15, 0.2) is 0 Å². The largest absolute Gasteiger partial charge is 0.444 e. The molecule has 278 valence electrons. The minimum absolute atomic E-state index is 0.0621. The van der Waals surface area contributed by atoms with Crippen LogP contribution in [0.25, 0.3) is 0 Å². The number of amides is 5. The van der Waals surface area contributed by atoms with E-state index in [9.17, 15) is 32.4 Å². The summed E-state index contributed by atoms with van der Waals surface area (Å²) in [4.78, 5) is 71.2. The van der Waals surface area contributed by atoms with Crippen LogP contribution in [0.15, 0.2) is 34.8 Å². The number of ether oxygens (including phenoxy) is 2. The molecule has 0 unspecified atom stereocenters. The van der Waals surface area contributed by atoms with Crippen molar-refractivity contribution in [2.45, 2.75) is 126 Å². The molecule has 3 aliphatic heterocycles. The molecule has 14 nitrogen and oxygen atoms in total. The Hall–Kier alpha value is -3.66. The molecule has 5 amide bonds. The number of benzene rings is 1. The standard InChI is InChI=1S/C35H46BrN5O9S/c1-34(2,3)50-32(45)37-27-10-8-6-4-5-7-9-23-17-35(23,31(44)39-51(47,48)26-13-14-26)38-29(42)28-16-25(20-41(28)30(27)43)49-33(46)40-18-21-11-12-24(36)15-22(21)19-40/h7,9,11-12,15,23,25-28H,4-6,8,10,13-14,16-20H2,1-3H3,(H,37,45)(H,38,42)(H,39,44)/t23-,25-,27+,28+,35-/m1/s1. The number of allylic oxidation sites excluding steroid dienone is 1. The van der Waals surface area contributed by atoms with Gasteiger partial charge in [-0.05, 0) is 82.6 Å². The Morgan fingerprint density at radius 1 is 1.04 bits per heavy atom. The fourth-order valence-electron chi connectivity index (χ4n) is 7.01. The van der Waals surface area contributed by atoms with Gasteiger partial charge in [0.2, 0.25) is 21.8 Å². The van der Waals surface area contributed by atoms with Crippen LogP contribution in [-0.2, 0) is 47.0 Å². The monoisotopic (exact) mass is 791 g/mol. The van der Waals surface area contributed by atoms with Gasteiger partial charge in [-0.3, -0.25) is 24.0 Å². The van der Waals surface area contributed by atoms with Gasteiger partial charge in [-0.15, -0.1) is 0 Å². The SMILES string of the molecule is CC(C)(C)OC(=O)N[C@H]1CCCCCC=C[C@@H]2C[C@@]2(C(=O)NS(=O)(=O)C2CC2)NC(=O)[C@@H]2C[C@@H](OC(=O)N3Cc4ccc(Br)cc4C3)CN2C1=O. The van der Waals surface area contributed by atoms with E-state index in [4.69, 9.17) is 9.47 Å². The first-order valence-corrected chi connectivity index (χ1v) is 20.0. The van der Waals surface area contributed by atoms with Gasteiger partial charge in [0.05, 0.1) is 11.8 Å². The molecule has 5 aliphatic rings. The van der Waals surface area contributed by atoms with E-state index >= 15 is 0 Å². The van der Waals surface area contributed by atoms with Gasteiger partial charge in [-0.2, -0.15) is 0 Å². The Balaban J connectivity index is 1.25. The molecule has 1 aromatic rings. The van der Waals surface area contributed by atoms with E-state index in [0.717, 1.165) is 28.4 Å². The highest BCUT2D eigenvalue weighted by Gasteiger charge is 2.62. The number of fused-ring (bicyclic) bond motifs is 3. The van der Waals surface area contributed by atoms with Crippen LogP contribution < -0.4 is 15.4 Å². The van der Waals surface area contributed by atoms with E-state index in [0.29, 0.717) is 38.8 Å².